The largest absolute Gasteiger partial charge is 0.383 e. The van der Waals surface area contributed by atoms with Gasteiger partial charge in [-0.15, -0.1) is 0 Å². The maximum Gasteiger partial charge on any atom is 0.225 e. The predicted molar refractivity (Wildman–Crippen MR) is 85.5 cm³/mol. The van der Waals surface area contributed by atoms with Gasteiger partial charge in [-0.05, 0) is 12.1 Å². The number of benzene rings is 1. The fraction of sp³-hybridized carbons (Fsp3) is 0.250. The van der Waals surface area contributed by atoms with Crippen LogP contribution in [0.5, 0.6) is 0 Å². The van der Waals surface area contributed by atoms with Crippen LogP contribution >= 0.6 is 0 Å². The highest BCUT2D eigenvalue weighted by Gasteiger charge is 2.15. The summed E-state index contributed by atoms with van der Waals surface area (Å²) in [7, 11) is 1.57. The van der Waals surface area contributed by atoms with E-state index >= 15 is 0 Å². The Balaban J connectivity index is 2.07. The molecule has 0 unspecified atom stereocenters. The van der Waals surface area contributed by atoms with Crippen molar-refractivity contribution < 1.29 is 13.9 Å². The zero-order valence-corrected chi connectivity index (χ0v) is 13.1. The number of primary amides is 1. The number of rotatable bonds is 6. The second-order valence-corrected chi connectivity index (χ2v) is 5.22. The lowest BCUT2D eigenvalue weighted by Crippen LogP contribution is -2.15. The van der Waals surface area contributed by atoms with Crippen molar-refractivity contribution in [3.63, 3.8) is 0 Å². The van der Waals surface area contributed by atoms with Crippen LogP contribution in [0.4, 0.5) is 4.39 Å². The molecule has 24 heavy (non-hydrogen) atoms. The van der Waals surface area contributed by atoms with Crippen LogP contribution in [-0.4, -0.2) is 39.4 Å². The van der Waals surface area contributed by atoms with E-state index in [1.807, 2.05) is 0 Å². The molecular formula is C16H16FN5O2. The molecule has 0 spiro atoms. The van der Waals surface area contributed by atoms with E-state index in [2.05, 4.69) is 15.1 Å². The minimum absolute atomic E-state index is 0.0745. The number of nitrogens with zero attached hydrogens (tertiary/aromatic N) is 4. The number of aromatic nitrogens is 4. The molecule has 3 aromatic rings. The lowest BCUT2D eigenvalue weighted by Gasteiger charge is -2.06. The Bertz CT molecular complexity index is 893. The minimum Gasteiger partial charge on any atom is -0.383 e. The standard InChI is InChI=1S/C16H16FN5O2/c1-24-8-7-22-16(20-14(21-22)9-13(18)23)12-6-5-10-3-2-4-11(17)15(10)19-12/h2-6H,7-9H2,1H3,(H2,18,23). The molecule has 0 aliphatic rings. The van der Waals surface area contributed by atoms with Crippen LogP contribution in [-0.2, 0) is 22.5 Å². The summed E-state index contributed by atoms with van der Waals surface area (Å²) in [5.74, 6) is -0.199. The molecule has 1 amide bonds. The van der Waals surface area contributed by atoms with E-state index in [1.54, 1.807) is 36.1 Å². The SMILES string of the molecule is COCCn1nc(CC(N)=O)nc1-c1ccc2cccc(F)c2n1. The van der Waals surface area contributed by atoms with Crippen LogP contribution in [0.1, 0.15) is 5.82 Å². The average Bonchev–Trinajstić information content (AvgIpc) is 2.95. The number of ether oxygens (including phenoxy) is 1. The number of para-hydroxylation sites is 1. The van der Waals surface area contributed by atoms with Gasteiger partial charge < -0.3 is 10.5 Å². The lowest BCUT2D eigenvalue weighted by atomic mass is 10.2. The summed E-state index contributed by atoms with van der Waals surface area (Å²) in [6.07, 6.45) is -0.0745. The van der Waals surface area contributed by atoms with Crippen molar-refractivity contribution in [2.24, 2.45) is 5.73 Å². The van der Waals surface area contributed by atoms with Crippen molar-refractivity contribution in [3.05, 3.63) is 42.0 Å². The molecule has 3 rings (SSSR count). The van der Waals surface area contributed by atoms with Gasteiger partial charge >= 0.3 is 0 Å². The number of fused-ring (bicyclic) bond motifs is 1. The van der Waals surface area contributed by atoms with Crippen molar-refractivity contribution >= 4 is 16.8 Å². The molecule has 1 aromatic carbocycles. The third-order valence-electron chi connectivity index (χ3n) is 3.46. The molecule has 2 heterocycles. The van der Waals surface area contributed by atoms with Gasteiger partial charge in [0.2, 0.25) is 5.91 Å². The van der Waals surface area contributed by atoms with Gasteiger partial charge in [0.1, 0.15) is 17.0 Å². The minimum atomic E-state index is -0.525. The van der Waals surface area contributed by atoms with Crippen molar-refractivity contribution in [1.82, 2.24) is 19.7 Å². The molecule has 2 N–H and O–H groups in total. The van der Waals surface area contributed by atoms with Gasteiger partial charge in [-0.1, -0.05) is 18.2 Å². The molecule has 0 radical (unpaired) electrons. The van der Waals surface area contributed by atoms with E-state index in [1.165, 1.54) is 6.07 Å². The van der Waals surface area contributed by atoms with E-state index in [-0.39, 0.29) is 11.9 Å². The van der Waals surface area contributed by atoms with Crippen LogP contribution in [0.25, 0.3) is 22.4 Å². The summed E-state index contributed by atoms with van der Waals surface area (Å²) in [6, 6.07) is 8.27. The van der Waals surface area contributed by atoms with Crippen molar-refractivity contribution in [3.8, 4) is 11.5 Å². The maximum atomic E-state index is 14.0. The Labute approximate surface area is 137 Å². The molecule has 0 fully saturated rings. The third-order valence-corrected chi connectivity index (χ3v) is 3.46. The van der Waals surface area contributed by atoms with Crippen molar-refractivity contribution in [2.75, 3.05) is 13.7 Å². The van der Waals surface area contributed by atoms with Crippen LogP contribution in [0.2, 0.25) is 0 Å². The molecule has 0 bridgehead atoms. The normalized spacial score (nSPS) is 11.1. The Morgan fingerprint density at radius 3 is 2.88 bits per heavy atom. The molecule has 0 atom stereocenters. The first-order valence-electron chi connectivity index (χ1n) is 7.35. The number of carbonyl (C=O) groups excluding carboxylic acids is 1. The molecule has 7 nitrogen and oxygen atoms in total. The Hall–Kier alpha value is -2.87. The highest BCUT2D eigenvalue weighted by molar-refractivity contribution is 5.81. The number of carbonyl (C=O) groups is 1. The van der Waals surface area contributed by atoms with Crippen LogP contribution in [0, 0.1) is 5.82 Å². The van der Waals surface area contributed by atoms with Gasteiger partial charge in [0.05, 0.1) is 19.6 Å². The number of halogens is 1. The molecule has 8 heteroatoms. The van der Waals surface area contributed by atoms with Gasteiger partial charge in [-0.3, -0.25) is 4.79 Å². The zero-order chi connectivity index (χ0) is 17.1. The third kappa shape index (κ3) is 3.23. The van der Waals surface area contributed by atoms with Crippen LogP contribution < -0.4 is 5.73 Å². The average molecular weight is 329 g/mol. The fourth-order valence-corrected chi connectivity index (χ4v) is 2.38. The Morgan fingerprint density at radius 2 is 2.12 bits per heavy atom. The Kier molecular flexibility index (Phi) is 4.48. The summed E-state index contributed by atoms with van der Waals surface area (Å²) >= 11 is 0. The topological polar surface area (TPSA) is 95.9 Å². The van der Waals surface area contributed by atoms with Gasteiger partial charge in [-0.25, -0.2) is 19.0 Å². The molecule has 0 aliphatic heterocycles. The molecule has 124 valence electrons. The summed E-state index contributed by atoms with van der Waals surface area (Å²) in [4.78, 5) is 19.8. The first-order valence-corrected chi connectivity index (χ1v) is 7.35. The second-order valence-electron chi connectivity index (χ2n) is 5.22. The van der Waals surface area contributed by atoms with Crippen molar-refractivity contribution in [2.45, 2.75) is 13.0 Å². The number of hydrogen-bond acceptors (Lipinski definition) is 5. The highest BCUT2D eigenvalue weighted by atomic mass is 19.1. The Morgan fingerprint density at radius 1 is 1.29 bits per heavy atom. The first kappa shape index (κ1) is 16.0. The van der Waals surface area contributed by atoms with Crippen molar-refractivity contribution in [1.29, 1.82) is 0 Å². The molecule has 2 aromatic heterocycles. The number of methoxy groups -OCH3 is 1. The molecule has 0 saturated carbocycles. The van der Waals surface area contributed by atoms with Gasteiger partial charge in [0.15, 0.2) is 11.6 Å². The maximum absolute atomic E-state index is 14.0. The molecular weight excluding hydrogens is 313 g/mol. The number of hydrogen-bond donors (Lipinski definition) is 1. The van der Waals surface area contributed by atoms with E-state index < -0.39 is 11.7 Å². The first-order chi connectivity index (χ1) is 11.6. The molecule has 0 aliphatic carbocycles. The number of nitrogens with two attached hydrogens (primary N) is 1. The zero-order valence-electron chi connectivity index (χ0n) is 13.1. The summed E-state index contributed by atoms with van der Waals surface area (Å²) in [5.41, 5.74) is 5.92. The van der Waals surface area contributed by atoms with Gasteiger partial charge in [0.25, 0.3) is 0 Å². The molecule has 0 saturated heterocycles. The lowest BCUT2D eigenvalue weighted by molar-refractivity contribution is -0.117. The van der Waals surface area contributed by atoms with E-state index in [4.69, 9.17) is 10.5 Å². The van der Waals surface area contributed by atoms with Crippen LogP contribution in [0.15, 0.2) is 30.3 Å². The van der Waals surface area contributed by atoms with E-state index in [0.717, 1.165) is 0 Å². The quantitative estimate of drug-likeness (QED) is 0.735. The fourth-order valence-electron chi connectivity index (χ4n) is 2.38. The summed E-state index contributed by atoms with van der Waals surface area (Å²) in [5, 5.41) is 4.95. The predicted octanol–water partition coefficient (Wildman–Crippen LogP) is 1.31. The van der Waals surface area contributed by atoms with Crippen LogP contribution in [0.3, 0.4) is 0 Å². The van der Waals surface area contributed by atoms with E-state index in [9.17, 15) is 9.18 Å². The second kappa shape index (κ2) is 6.71. The number of amides is 1. The summed E-state index contributed by atoms with van der Waals surface area (Å²) < 4.78 is 20.6. The smallest absolute Gasteiger partial charge is 0.225 e. The van der Waals surface area contributed by atoms with Gasteiger partial charge in [-0.2, -0.15) is 5.10 Å². The monoisotopic (exact) mass is 329 g/mol. The summed E-state index contributed by atoms with van der Waals surface area (Å²) in [6.45, 7) is 0.836. The number of pyridine rings is 1. The van der Waals surface area contributed by atoms with Gasteiger partial charge in [0, 0.05) is 12.5 Å². The highest BCUT2D eigenvalue weighted by Crippen LogP contribution is 2.21. The van der Waals surface area contributed by atoms with E-state index in [0.29, 0.717) is 35.9 Å².